The van der Waals surface area contributed by atoms with Crippen LogP contribution in [0.3, 0.4) is 0 Å². The van der Waals surface area contributed by atoms with Crippen molar-refractivity contribution in [1.82, 2.24) is 9.55 Å². The summed E-state index contributed by atoms with van der Waals surface area (Å²) in [7, 11) is 0. The van der Waals surface area contributed by atoms with E-state index in [1.807, 2.05) is 18.2 Å². The van der Waals surface area contributed by atoms with Crippen molar-refractivity contribution in [2.45, 2.75) is 19.9 Å². The molecule has 0 spiro atoms. The molecule has 2 N–H and O–H groups in total. The van der Waals surface area contributed by atoms with Crippen molar-refractivity contribution in [2.75, 3.05) is 12.3 Å². The molecule has 5 nitrogen and oxygen atoms in total. The molecule has 0 bridgehead atoms. The summed E-state index contributed by atoms with van der Waals surface area (Å²) in [5.41, 5.74) is 7.51. The molecule has 0 radical (unpaired) electrons. The number of hydrogen-bond donors (Lipinski definition) is 1. The Morgan fingerprint density at radius 1 is 1.61 bits per heavy atom. The fraction of sp³-hybridized carbons (Fsp3) is 0.333. The molecule has 1 atom stereocenters. The molecule has 1 unspecified atom stereocenters. The maximum Gasteiger partial charge on any atom is 0.328 e. The molecule has 2 aromatic rings. The Bertz CT molecular complexity index is 594. The highest BCUT2D eigenvalue weighted by molar-refractivity contribution is 14.1. The zero-order chi connectivity index (χ0) is 13.3. The zero-order valence-electron chi connectivity index (χ0n) is 10.2. The van der Waals surface area contributed by atoms with E-state index in [4.69, 9.17) is 10.5 Å². The van der Waals surface area contributed by atoms with E-state index in [-0.39, 0.29) is 5.97 Å². The number of carbonyl (C=O) groups excluding carboxylic acids is 1. The van der Waals surface area contributed by atoms with Gasteiger partial charge < -0.3 is 10.5 Å². The molecule has 0 fully saturated rings. The lowest BCUT2D eigenvalue weighted by Gasteiger charge is -2.14. The van der Waals surface area contributed by atoms with Crippen molar-refractivity contribution in [2.24, 2.45) is 0 Å². The summed E-state index contributed by atoms with van der Waals surface area (Å²) in [6.45, 7) is 3.89. The first-order valence-corrected chi connectivity index (χ1v) is 6.72. The van der Waals surface area contributed by atoms with E-state index in [9.17, 15) is 4.79 Å². The van der Waals surface area contributed by atoms with Crippen LogP contribution in [0.15, 0.2) is 18.2 Å². The highest BCUT2D eigenvalue weighted by atomic mass is 127. The standard InChI is InChI=1S/C12H14IN3O2/c1-3-18-11(17)7(2)16-10-5-4-8(13)6-9(10)15-12(16)14/h4-7H,3H2,1-2H3,(H2,14,15). The van der Waals surface area contributed by atoms with Gasteiger partial charge in [-0.15, -0.1) is 0 Å². The normalized spacial score (nSPS) is 12.6. The first-order valence-electron chi connectivity index (χ1n) is 5.64. The van der Waals surface area contributed by atoms with Gasteiger partial charge in [0, 0.05) is 3.57 Å². The Morgan fingerprint density at radius 2 is 2.33 bits per heavy atom. The second-order valence-electron chi connectivity index (χ2n) is 3.90. The molecule has 6 heteroatoms. The number of hydrogen-bond acceptors (Lipinski definition) is 4. The fourth-order valence-electron chi connectivity index (χ4n) is 1.87. The first kappa shape index (κ1) is 13.1. The van der Waals surface area contributed by atoms with Crippen LogP contribution in [0.1, 0.15) is 19.9 Å². The lowest BCUT2D eigenvalue weighted by Crippen LogP contribution is -2.20. The molecule has 1 heterocycles. The topological polar surface area (TPSA) is 70.1 Å². The van der Waals surface area contributed by atoms with Gasteiger partial charge in [-0.05, 0) is 54.6 Å². The minimum absolute atomic E-state index is 0.304. The number of esters is 1. The van der Waals surface area contributed by atoms with Crippen LogP contribution in [0.4, 0.5) is 5.95 Å². The van der Waals surface area contributed by atoms with Gasteiger partial charge in [-0.2, -0.15) is 0 Å². The van der Waals surface area contributed by atoms with E-state index in [2.05, 4.69) is 27.6 Å². The number of carbonyl (C=O) groups is 1. The molecular formula is C12H14IN3O2. The fourth-order valence-corrected chi connectivity index (χ4v) is 2.34. The van der Waals surface area contributed by atoms with Crippen LogP contribution in [-0.4, -0.2) is 22.1 Å². The molecule has 0 aliphatic heterocycles. The Morgan fingerprint density at radius 3 is 3.00 bits per heavy atom. The van der Waals surface area contributed by atoms with Crippen molar-refractivity contribution in [3.05, 3.63) is 21.8 Å². The van der Waals surface area contributed by atoms with Gasteiger partial charge in [0.05, 0.1) is 17.6 Å². The Kier molecular flexibility index (Phi) is 3.74. The van der Waals surface area contributed by atoms with E-state index in [1.165, 1.54) is 0 Å². The lowest BCUT2D eigenvalue weighted by molar-refractivity contribution is -0.146. The molecular weight excluding hydrogens is 345 g/mol. The zero-order valence-corrected chi connectivity index (χ0v) is 12.3. The number of nitrogens with two attached hydrogens (primary N) is 1. The van der Waals surface area contributed by atoms with Crippen molar-refractivity contribution in [3.8, 4) is 0 Å². The molecule has 0 aliphatic carbocycles. The van der Waals surface area contributed by atoms with E-state index in [1.54, 1.807) is 18.4 Å². The van der Waals surface area contributed by atoms with E-state index >= 15 is 0 Å². The first-order chi connectivity index (χ1) is 8.54. The molecule has 18 heavy (non-hydrogen) atoms. The quantitative estimate of drug-likeness (QED) is 0.675. The summed E-state index contributed by atoms with van der Waals surface area (Å²) in [5, 5.41) is 0. The van der Waals surface area contributed by atoms with Crippen molar-refractivity contribution >= 4 is 45.5 Å². The molecule has 1 aromatic carbocycles. The highest BCUT2D eigenvalue weighted by Gasteiger charge is 2.21. The van der Waals surface area contributed by atoms with Gasteiger partial charge in [0.1, 0.15) is 6.04 Å². The van der Waals surface area contributed by atoms with Crippen LogP contribution < -0.4 is 5.73 Å². The maximum absolute atomic E-state index is 11.8. The average molecular weight is 359 g/mol. The number of aromatic nitrogens is 2. The second-order valence-corrected chi connectivity index (χ2v) is 5.15. The van der Waals surface area contributed by atoms with Gasteiger partial charge in [0.15, 0.2) is 0 Å². The molecule has 0 saturated carbocycles. The Labute approximate surface area is 118 Å². The van der Waals surface area contributed by atoms with Gasteiger partial charge in [-0.1, -0.05) is 0 Å². The van der Waals surface area contributed by atoms with Crippen LogP contribution in [0.2, 0.25) is 0 Å². The van der Waals surface area contributed by atoms with Gasteiger partial charge in [-0.25, -0.2) is 9.78 Å². The van der Waals surface area contributed by atoms with Gasteiger partial charge >= 0.3 is 5.97 Å². The highest BCUT2D eigenvalue weighted by Crippen LogP contribution is 2.24. The third kappa shape index (κ3) is 2.29. The number of imidazole rings is 1. The minimum Gasteiger partial charge on any atom is -0.464 e. The molecule has 1 aromatic heterocycles. The van der Waals surface area contributed by atoms with Crippen LogP contribution in [-0.2, 0) is 9.53 Å². The SMILES string of the molecule is CCOC(=O)C(C)n1c(N)nc2cc(I)ccc21. The molecule has 2 rings (SSSR count). The summed E-state index contributed by atoms with van der Waals surface area (Å²) in [6.07, 6.45) is 0. The number of ether oxygens (including phenoxy) is 1. The predicted molar refractivity (Wildman–Crippen MR) is 78.2 cm³/mol. The summed E-state index contributed by atoms with van der Waals surface area (Å²) in [5.74, 6) is 0.0228. The smallest absolute Gasteiger partial charge is 0.328 e. The van der Waals surface area contributed by atoms with Crippen molar-refractivity contribution < 1.29 is 9.53 Å². The number of benzene rings is 1. The Balaban J connectivity index is 2.50. The summed E-state index contributed by atoms with van der Waals surface area (Å²) in [6, 6.07) is 5.32. The average Bonchev–Trinajstić information content (AvgIpc) is 2.63. The summed E-state index contributed by atoms with van der Waals surface area (Å²) >= 11 is 2.21. The predicted octanol–water partition coefficient (Wildman–Crippen LogP) is 2.35. The lowest BCUT2D eigenvalue weighted by atomic mass is 10.3. The maximum atomic E-state index is 11.8. The number of fused-ring (bicyclic) bond motifs is 1. The Hall–Kier alpha value is -1.31. The minimum atomic E-state index is -0.477. The van der Waals surface area contributed by atoms with Crippen LogP contribution in [0.25, 0.3) is 11.0 Å². The third-order valence-corrected chi connectivity index (χ3v) is 3.36. The monoisotopic (exact) mass is 359 g/mol. The number of halogens is 1. The van der Waals surface area contributed by atoms with E-state index < -0.39 is 6.04 Å². The number of rotatable bonds is 3. The van der Waals surface area contributed by atoms with Crippen LogP contribution in [0.5, 0.6) is 0 Å². The largest absolute Gasteiger partial charge is 0.464 e. The van der Waals surface area contributed by atoms with Crippen LogP contribution in [0, 0.1) is 3.57 Å². The van der Waals surface area contributed by atoms with Crippen molar-refractivity contribution in [3.63, 3.8) is 0 Å². The van der Waals surface area contributed by atoms with Gasteiger partial charge in [0.25, 0.3) is 0 Å². The van der Waals surface area contributed by atoms with Crippen LogP contribution >= 0.6 is 22.6 Å². The van der Waals surface area contributed by atoms with E-state index in [0.29, 0.717) is 12.6 Å². The van der Waals surface area contributed by atoms with Gasteiger partial charge in [0.2, 0.25) is 5.95 Å². The molecule has 0 amide bonds. The third-order valence-electron chi connectivity index (χ3n) is 2.69. The van der Waals surface area contributed by atoms with Crippen molar-refractivity contribution in [1.29, 1.82) is 0 Å². The van der Waals surface area contributed by atoms with Gasteiger partial charge in [-0.3, -0.25) is 4.57 Å². The number of nitrogen functional groups attached to an aromatic ring is 1. The second kappa shape index (κ2) is 5.13. The molecule has 0 aliphatic rings. The molecule has 96 valence electrons. The molecule has 0 saturated heterocycles. The summed E-state index contributed by atoms with van der Waals surface area (Å²) in [4.78, 5) is 16.0. The van der Waals surface area contributed by atoms with E-state index in [0.717, 1.165) is 14.6 Å². The number of nitrogens with zero attached hydrogens (tertiary/aromatic N) is 2. The summed E-state index contributed by atoms with van der Waals surface area (Å²) < 4.78 is 7.79. The number of anilines is 1.